The van der Waals surface area contributed by atoms with Crippen molar-refractivity contribution in [3.05, 3.63) is 59.7 Å². The Morgan fingerprint density at radius 1 is 0.615 bits per heavy atom. The number of ether oxygens (including phenoxy) is 2. The molecule has 0 aliphatic rings. The molecule has 0 saturated heterocycles. The van der Waals surface area contributed by atoms with Crippen LogP contribution in [0.3, 0.4) is 0 Å². The molecule has 0 heterocycles. The summed E-state index contributed by atoms with van der Waals surface area (Å²) < 4.78 is 11.5. The van der Waals surface area contributed by atoms with Gasteiger partial charge in [-0.1, -0.05) is 64.1 Å². The van der Waals surface area contributed by atoms with Crippen molar-refractivity contribution in [3.63, 3.8) is 0 Å². The topological polar surface area (TPSA) is 18.5 Å². The van der Waals surface area contributed by atoms with E-state index in [-0.39, 0.29) is 0 Å². The van der Waals surface area contributed by atoms with E-state index in [4.69, 9.17) is 9.47 Å². The van der Waals surface area contributed by atoms with Crippen molar-refractivity contribution in [2.75, 3.05) is 13.2 Å². The molecule has 0 unspecified atom stereocenters. The summed E-state index contributed by atoms with van der Waals surface area (Å²) in [5, 5.41) is 0. The van der Waals surface area contributed by atoms with Crippen molar-refractivity contribution < 1.29 is 9.47 Å². The fourth-order valence-corrected chi connectivity index (χ4v) is 2.37. The van der Waals surface area contributed by atoms with Crippen LogP contribution in [0.5, 0.6) is 11.5 Å². The fourth-order valence-electron chi connectivity index (χ4n) is 2.37. The smallest absolute Gasteiger partial charge is 0.119 e. The first-order valence-corrected chi connectivity index (χ1v) is 9.66. The third kappa shape index (κ3) is 7.77. The van der Waals surface area contributed by atoms with Gasteiger partial charge >= 0.3 is 0 Å². The zero-order valence-electron chi connectivity index (χ0n) is 16.6. The lowest BCUT2D eigenvalue weighted by molar-refractivity contribution is 0.289. The van der Waals surface area contributed by atoms with E-state index in [2.05, 4.69) is 64.1 Å². The molecule has 2 heteroatoms. The van der Waals surface area contributed by atoms with E-state index >= 15 is 0 Å². The SMILES string of the molecule is CC(C)CCOc1ccc(/C=C/c2ccc(OCCC(C)C)cc2)cc1. The predicted molar refractivity (Wildman–Crippen MR) is 112 cm³/mol. The van der Waals surface area contributed by atoms with Crippen LogP contribution in [0.1, 0.15) is 51.7 Å². The Hall–Kier alpha value is -2.22. The molecule has 0 atom stereocenters. The third-order valence-electron chi connectivity index (χ3n) is 4.16. The lowest BCUT2D eigenvalue weighted by Crippen LogP contribution is -2.01. The number of rotatable bonds is 10. The van der Waals surface area contributed by atoms with E-state index in [1.54, 1.807) is 0 Å². The van der Waals surface area contributed by atoms with Gasteiger partial charge in [0.2, 0.25) is 0 Å². The van der Waals surface area contributed by atoms with Crippen LogP contribution in [0, 0.1) is 11.8 Å². The van der Waals surface area contributed by atoms with Crippen molar-refractivity contribution in [2.24, 2.45) is 11.8 Å². The summed E-state index contributed by atoms with van der Waals surface area (Å²) in [6, 6.07) is 16.5. The second-order valence-corrected chi connectivity index (χ2v) is 7.53. The van der Waals surface area contributed by atoms with Crippen LogP contribution in [0.25, 0.3) is 12.2 Å². The summed E-state index contributed by atoms with van der Waals surface area (Å²) in [6.45, 7) is 10.4. The zero-order valence-corrected chi connectivity index (χ0v) is 16.6. The molecule has 0 saturated carbocycles. The number of hydrogen-bond donors (Lipinski definition) is 0. The van der Waals surface area contributed by atoms with E-state index in [0.29, 0.717) is 11.8 Å². The first kappa shape index (κ1) is 20.1. The van der Waals surface area contributed by atoms with Crippen molar-refractivity contribution in [1.82, 2.24) is 0 Å². The molecule has 26 heavy (non-hydrogen) atoms. The Labute approximate surface area is 158 Å². The van der Waals surface area contributed by atoms with Crippen LogP contribution in [0.4, 0.5) is 0 Å². The lowest BCUT2D eigenvalue weighted by atomic mass is 10.1. The molecule has 0 bridgehead atoms. The molecule has 0 N–H and O–H groups in total. The lowest BCUT2D eigenvalue weighted by Gasteiger charge is -2.08. The summed E-state index contributed by atoms with van der Waals surface area (Å²) in [7, 11) is 0. The molecule has 0 amide bonds. The molecule has 140 valence electrons. The maximum absolute atomic E-state index is 5.76. The van der Waals surface area contributed by atoms with E-state index < -0.39 is 0 Å². The minimum atomic E-state index is 0.671. The minimum Gasteiger partial charge on any atom is -0.494 e. The highest BCUT2D eigenvalue weighted by Gasteiger charge is 1.98. The summed E-state index contributed by atoms with van der Waals surface area (Å²) in [5.74, 6) is 3.21. The molecule has 0 spiro atoms. The molecule has 0 fully saturated rings. The molecular formula is C24H32O2. The zero-order chi connectivity index (χ0) is 18.8. The van der Waals surface area contributed by atoms with Gasteiger partial charge in [-0.3, -0.25) is 0 Å². The first-order chi connectivity index (χ1) is 12.5. The van der Waals surface area contributed by atoms with Gasteiger partial charge in [0.25, 0.3) is 0 Å². The van der Waals surface area contributed by atoms with Gasteiger partial charge in [-0.15, -0.1) is 0 Å². The molecule has 0 radical (unpaired) electrons. The van der Waals surface area contributed by atoms with E-state index in [0.717, 1.165) is 37.6 Å². The van der Waals surface area contributed by atoms with Crippen molar-refractivity contribution in [3.8, 4) is 11.5 Å². The van der Waals surface area contributed by atoms with Gasteiger partial charge in [0.1, 0.15) is 11.5 Å². The van der Waals surface area contributed by atoms with Crippen molar-refractivity contribution in [1.29, 1.82) is 0 Å². The molecule has 0 aliphatic heterocycles. The highest BCUT2D eigenvalue weighted by molar-refractivity contribution is 5.70. The van der Waals surface area contributed by atoms with E-state index in [1.807, 2.05) is 24.3 Å². The Morgan fingerprint density at radius 3 is 1.27 bits per heavy atom. The van der Waals surface area contributed by atoms with Gasteiger partial charge in [0.15, 0.2) is 0 Å². The molecule has 0 aromatic heterocycles. The molecule has 2 aromatic rings. The highest BCUT2D eigenvalue weighted by Crippen LogP contribution is 2.17. The quantitative estimate of drug-likeness (QED) is 0.443. The average Bonchev–Trinajstić information content (AvgIpc) is 2.61. The van der Waals surface area contributed by atoms with Gasteiger partial charge in [-0.05, 0) is 60.1 Å². The minimum absolute atomic E-state index is 0.671. The fraction of sp³-hybridized carbons (Fsp3) is 0.417. The third-order valence-corrected chi connectivity index (χ3v) is 4.16. The van der Waals surface area contributed by atoms with E-state index in [1.165, 1.54) is 11.1 Å². The highest BCUT2D eigenvalue weighted by atomic mass is 16.5. The Balaban J connectivity index is 1.83. The van der Waals surface area contributed by atoms with Gasteiger partial charge in [-0.25, -0.2) is 0 Å². The van der Waals surface area contributed by atoms with Gasteiger partial charge in [0.05, 0.1) is 13.2 Å². The standard InChI is InChI=1S/C24H32O2/c1-19(2)15-17-25-23-11-7-21(8-12-23)5-6-22-9-13-24(14-10-22)26-18-16-20(3)4/h5-14,19-20H,15-18H2,1-4H3/b6-5+. The Kier molecular flexibility index (Phi) is 8.27. The molecule has 2 nitrogen and oxygen atoms in total. The second kappa shape index (κ2) is 10.7. The van der Waals surface area contributed by atoms with Crippen LogP contribution in [-0.2, 0) is 0 Å². The molecular weight excluding hydrogens is 320 g/mol. The average molecular weight is 353 g/mol. The van der Waals surface area contributed by atoms with Crippen LogP contribution in [0.2, 0.25) is 0 Å². The molecule has 2 aromatic carbocycles. The maximum Gasteiger partial charge on any atom is 0.119 e. The van der Waals surface area contributed by atoms with Crippen LogP contribution < -0.4 is 9.47 Å². The summed E-state index contributed by atoms with van der Waals surface area (Å²) in [6.07, 6.45) is 6.40. The van der Waals surface area contributed by atoms with Crippen LogP contribution in [0.15, 0.2) is 48.5 Å². The Morgan fingerprint density at radius 2 is 0.962 bits per heavy atom. The van der Waals surface area contributed by atoms with Crippen molar-refractivity contribution >= 4 is 12.2 Å². The van der Waals surface area contributed by atoms with Crippen LogP contribution in [-0.4, -0.2) is 13.2 Å². The van der Waals surface area contributed by atoms with Crippen molar-refractivity contribution in [2.45, 2.75) is 40.5 Å². The number of benzene rings is 2. The monoisotopic (exact) mass is 352 g/mol. The molecule has 0 aliphatic carbocycles. The predicted octanol–water partition coefficient (Wildman–Crippen LogP) is 6.71. The first-order valence-electron chi connectivity index (χ1n) is 9.66. The second-order valence-electron chi connectivity index (χ2n) is 7.53. The van der Waals surface area contributed by atoms with Gasteiger partial charge < -0.3 is 9.47 Å². The molecule has 2 rings (SSSR count). The normalized spacial score (nSPS) is 11.5. The van der Waals surface area contributed by atoms with Gasteiger partial charge in [0, 0.05) is 0 Å². The van der Waals surface area contributed by atoms with Gasteiger partial charge in [-0.2, -0.15) is 0 Å². The Bertz CT molecular complexity index is 592. The number of hydrogen-bond acceptors (Lipinski definition) is 2. The maximum atomic E-state index is 5.76. The van der Waals surface area contributed by atoms with Crippen LogP contribution >= 0.6 is 0 Å². The summed E-state index contributed by atoms with van der Waals surface area (Å²) in [5.41, 5.74) is 2.33. The summed E-state index contributed by atoms with van der Waals surface area (Å²) in [4.78, 5) is 0. The van der Waals surface area contributed by atoms with E-state index in [9.17, 15) is 0 Å². The summed E-state index contributed by atoms with van der Waals surface area (Å²) >= 11 is 0. The largest absolute Gasteiger partial charge is 0.494 e.